The third kappa shape index (κ3) is 1.82. The van der Waals surface area contributed by atoms with Crippen molar-refractivity contribution in [2.45, 2.75) is 32.1 Å². The quantitative estimate of drug-likeness (QED) is 0.700. The molecule has 1 aliphatic rings. The van der Waals surface area contributed by atoms with Crippen molar-refractivity contribution in [1.29, 1.82) is 5.26 Å². The molecule has 1 aromatic carbocycles. The van der Waals surface area contributed by atoms with Crippen molar-refractivity contribution in [3.05, 3.63) is 47.2 Å². The Kier molecular flexibility index (Phi) is 2.90. The minimum Gasteiger partial charge on any atom is -0.464 e. The summed E-state index contributed by atoms with van der Waals surface area (Å²) in [6, 6.07) is 10.2. The fourth-order valence-electron chi connectivity index (χ4n) is 2.80. The number of furan rings is 1. The normalized spacial score (nSPS) is 14.6. The third-order valence-electron chi connectivity index (χ3n) is 3.67. The summed E-state index contributed by atoms with van der Waals surface area (Å²) in [7, 11) is 0. The SMILES string of the molecule is N#Cc1ccc2c(c1-c1ccco1)CCCCC2. The van der Waals surface area contributed by atoms with Gasteiger partial charge in [0, 0.05) is 5.56 Å². The van der Waals surface area contributed by atoms with Crippen molar-refractivity contribution < 1.29 is 4.42 Å². The van der Waals surface area contributed by atoms with Gasteiger partial charge in [-0.3, -0.25) is 0 Å². The lowest BCUT2D eigenvalue weighted by Crippen LogP contribution is -1.97. The molecular weight excluding hydrogens is 222 g/mol. The highest BCUT2D eigenvalue weighted by Gasteiger charge is 2.18. The largest absolute Gasteiger partial charge is 0.464 e. The summed E-state index contributed by atoms with van der Waals surface area (Å²) in [6.45, 7) is 0. The smallest absolute Gasteiger partial charge is 0.135 e. The number of hydrogen-bond acceptors (Lipinski definition) is 2. The monoisotopic (exact) mass is 237 g/mol. The second-order valence-electron chi connectivity index (χ2n) is 4.78. The van der Waals surface area contributed by atoms with Crippen LogP contribution in [0.2, 0.25) is 0 Å². The Bertz CT molecular complexity index is 590. The van der Waals surface area contributed by atoms with E-state index in [1.54, 1.807) is 6.26 Å². The van der Waals surface area contributed by atoms with E-state index < -0.39 is 0 Å². The van der Waals surface area contributed by atoms with Gasteiger partial charge in [0.25, 0.3) is 0 Å². The van der Waals surface area contributed by atoms with Gasteiger partial charge in [0.05, 0.1) is 17.9 Å². The number of rotatable bonds is 1. The molecular formula is C16H15NO. The van der Waals surface area contributed by atoms with Crippen molar-refractivity contribution in [3.8, 4) is 17.4 Å². The van der Waals surface area contributed by atoms with Crippen molar-refractivity contribution in [1.82, 2.24) is 0 Å². The van der Waals surface area contributed by atoms with Crippen LogP contribution in [0.15, 0.2) is 34.9 Å². The van der Waals surface area contributed by atoms with Crippen LogP contribution in [0.4, 0.5) is 0 Å². The molecule has 0 N–H and O–H groups in total. The third-order valence-corrected chi connectivity index (χ3v) is 3.67. The molecule has 0 saturated carbocycles. The lowest BCUT2D eigenvalue weighted by atomic mass is 9.92. The van der Waals surface area contributed by atoms with Crippen LogP contribution in [0, 0.1) is 11.3 Å². The first kappa shape index (κ1) is 11.1. The van der Waals surface area contributed by atoms with Gasteiger partial charge in [-0.1, -0.05) is 12.5 Å². The molecule has 0 unspecified atom stereocenters. The van der Waals surface area contributed by atoms with Crippen LogP contribution in [0.25, 0.3) is 11.3 Å². The molecule has 90 valence electrons. The van der Waals surface area contributed by atoms with Crippen LogP contribution in [-0.2, 0) is 12.8 Å². The van der Waals surface area contributed by atoms with Crippen LogP contribution < -0.4 is 0 Å². The Morgan fingerprint density at radius 2 is 1.94 bits per heavy atom. The molecule has 1 aliphatic carbocycles. The highest BCUT2D eigenvalue weighted by molar-refractivity contribution is 5.71. The number of benzene rings is 1. The zero-order valence-electron chi connectivity index (χ0n) is 10.3. The Morgan fingerprint density at radius 3 is 2.72 bits per heavy atom. The summed E-state index contributed by atoms with van der Waals surface area (Å²) in [4.78, 5) is 0. The molecule has 18 heavy (non-hydrogen) atoms. The minimum atomic E-state index is 0.727. The lowest BCUT2D eigenvalue weighted by molar-refractivity contribution is 0.581. The van der Waals surface area contributed by atoms with Gasteiger partial charge >= 0.3 is 0 Å². The predicted molar refractivity (Wildman–Crippen MR) is 70.1 cm³/mol. The fourth-order valence-corrected chi connectivity index (χ4v) is 2.80. The van der Waals surface area contributed by atoms with Crippen LogP contribution in [0.1, 0.15) is 36.0 Å². The van der Waals surface area contributed by atoms with Gasteiger partial charge in [-0.2, -0.15) is 5.26 Å². The summed E-state index contributed by atoms with van der Waals surface area (Å²) in [5, 5.41) is 9.30. The second kappa shape index (κ2) is 4.70. The number of nitriles is 1. The minimum absolute atomic E-state index is 0.727. The summed E-state index contributed by atoms with van der Waals surface area (Å²) in [5.41, 5.74) is 4.45. The maximum atomic E-state index is 9.30. The molecule has 0 bridgehead atoms. The molecule has 2 heteroatoms. The Balaban J connectivity index is 2.24. The summed E-state index contributed by atoms with van der Waals surface area (Å²) < 4.78 is 5.52. The number of fused-ring (bicyclic) bond motifs is 1. The van der Waals surface area contributed by atoms with E-state index in [0.29, 0.717) is 0 Å². The molecule has 2 aromatic rings. The van der Waals surface area contributed by atoms with Gasteiger partial charge in [-0.25, -0.2) is 0 Å². The highest BCUT2D eigenvalue weighted by Crippen LogP contribution is 2.33. The number of nitrogens with zero attached hydrogens (tertiary/aromatic N) is 1. The van der Waals surface area contributed by atoms with Gasteiger partial charge in [0.2, 0.25) is 0 Å². The molecule has 0 amide bonds. The average molecular weight is 237 g/mol. The van der Waals surface area contributed by atoms with E-state index in [4.69, 9.17) is 4.42 Å². The van der Waals surface area contributed by atoms with Crippen molar-refractivity contribution >= 4 is 0 Å². The summed E-state index contributed by atoms with van der Waals surface area (Å²) in [5.74, 6) is 0.824. The lowest BCUT2D eigenvalue weighted by Gasteiger charge is -2.12. The molecule has 0 atom stereocenters. The topological polar surface area (TPSA) is 36.9 Å². The van der Waals surface area contributed by atoms with Crippen molar-refractivity contribution in [2.75, 3.05) is 0 Å². The summed E-state index contributed by atoms with van der Waals surface area (Å²) in [6.07, 6.45) is 7.57. The van der Waals surface area contributed by atoms with E-state index in [1.165, 1.54) is 30.4 Å². The van der Waals surface area contributed by atoms with Crippen molar-refractivity contribution in [3.63, 3.8) is 0 Å². The van der Waals surface area contributed by atoms with Crippen LogP contribution in [0.5, 0.6) is 0 Å². The first-order valence-corrected chi connectivity index (χ1v) is 6.49. The maximum absolute atomic E-state index is 9.30. The van der Waals surface area contributed by atoms with Crippen LogP contribution in [0.3, 0.4) is 0 Å². The molecule has 2 nitrogen and oxygen atoms in total. The average Bonchev–Trinajstić information content (AvgIpc) is 2.82. The zero-order valence-corrected chi connectivity index (χ0v) is 10.3. The van der Waals surface area contributed by atoms with E-state index in [0.717, 1.165) is 29.7 Å². The Hall–Kier alpha value is -2.01. The van der Waals surface area contributed by atoms with Gasteiger partial charge in [-0.15, -0.1) is 0 Å². The van der Waals surface area contributed by atoms with Gasteiger partial charge < -0.3 is 4.42 Å². The molecule has 0 spiro atoms. The number of aryl methyl sites for hydroxylation is 1. The second-order valence-corrected chi connectivity index (χ2v) is 4.78. The van der Waals surface area contributed by atoms with Crippen molar-refractivity contribution in [2.24, 2.45) is 0 Å². The van der Waals surface area contributed by atoms with E-state index >= 15 is 0 Å². The van der Waals surface area contributed by atoms with Gasteiger partial charge in [-0.05, 0) is 55.0 Å². The summed E-state index contributed by atoms with van der Waals surface area (Å²) >= 11 is 0. The highest BCUT2D eigenvalue weighted by atomic mass is 16.3. The van der Waals surface area contributed by atoms with E-state index in [-0.39, 0.29) is 0 Å². The maximum Gasteiger partial charge on any atom is 0.135 e. The van der Waals surface area contributed by atoms with E-state index in [2.05, 4.69) is 12.1 Å². The fraction of sp³-hybridized carbons (Fsp3) is 0.312. The molecule has 0 radical (unpaired) electrons. The predicted octanol–water partition coefficient (Wildman–Crippen LogP) is 4.09. The first-order chi connectivity index (χ1) is 8.90. The Labute approximate surface area is 107 Å². The molecule has 3 rings (SSSR count). The molecule has 1 heterocycles. The molecule has 0 saturated heterocycles. The molecule has 1 aromatic heterocycles. The van der Waals surface area contributed by atoms with Crippen LogP contribution in [-0.4, -0.2) is 0 Å². The standard InChI is InChI=1S/C16H15NO/c17-11-13-9-8-12-5-2-1-3-6-14(12)16(13)15-7-4-10-18-15/h4,7-10H,1-3,5-6H2. The zero-order chi connectivity index (χ0) is 12.4. The van der Waals surface area contributed by atoms with Gasteiger partial charge in [0.15, 0.2) is 0 Å². The first-order valence-electron chi connectivity index (χ1n) is 6.49. The Morgan fingerprint density at radius 1 is 1.06 bits per heavy atom. The van der Waals surface area contributed by atoms with Crippen LogP contribution >= 0.6 is 0 Å². The van der Waals surface area contributed by atoms with E-state index in [9.17, 15) is 5.26 Å². The molecule has 0 aliphatic heterocycles. The van der Waals surface area contributed by atoms with E-state index in [1.807, 2.05) is 18.2 Å². The van der Waals surface area contributed by atoms with Gasteiger partial charge in [0.1, 0.15) is 5.76 Å². The molecule has 0 fully saturated rings. The number of hydrogen-bond donors (Lipinski definition) is 0.